The van der Waals surface area contributed by atoms with Gasteiger partial charge in [-0.25, -0.2) is 9.67 Å². The lowest BCUT2D eigenvalue weighted by molar-refractivity contribution is -0.114. The van der Waals surface area contributed by atoms with Crippen LogP contribution in [0.2, 0.25) is 0 Å². The third-order valence-electron chi connectivity index (χ3n) is 7.25. The number of para-hydroxylation sites is 1. The number of aromatic nitrogens is 4. The molecule has 0 spiro atoms. The molecule has 2 atom stereocenters. The molecule has 0 bridgehead atoms. The van der Waals surface area contributed by atoms with Crippen molar-refractivity contribution in [3.05, 3.63) is 54.9 Å². The van der Waals surface area contributed by atoms with E-state index in [0.717, 1.165) is 77.3 Å². The Labute approximate surface area is 221 Å². The second-order valence-electron chi connectivity index (χ2n) is 9.91. The molecule has 0 radical (unpaired) electrons. The Hall–Kier alpha value is -3.82. The number of nitrogens with one attached hydrogen (secondary N) is 1. The number of amides is 1. The molecule has 38 heavy (non-hydrogen) atoms. The maximum atomic E-state index is 12.0. The SMILES string of the molecule is CC(=O)Nc1ccccc1-c1cc(N2CCOC[C@H]2C)nc2c(-c3ccnn3C3CCCCO3)nccc12. The van der Waals surface area contributed by atoms with Gasteiger partial charge < -0.3 is 19.7 Å². The van der Waals surface area contributed by atoms with Crippen molar-refractivity contribution in [2.75, 3.05) is 36.6 Å². The molecule has 9 heteroatoms. The summed E-state index contributed by atoms with van der Waals surface area (Å²) in [6, 6.07) is 14.2. The van der Waals surface area contributed by atoms with E-state index >= 15 is 0 Å². The molecule has 2 aliphatic heterocycles. The Morgan fingerprint density at radius 1 is 1.08 bits per heavy atom. The molecule has 3 aromatic heterocycles. The van der Waals surface area contributed by atoms with Crippen LogP contribution in [0, 0.1) is 0 Å². The monoisotopic (exact) mass is 512 g/mol. The van der Waals surface area contributed by atoms with Crippen LogP contribution in [0.15, 0.2) is 54.9 Å². The summed E-state index contributed by atoms with van der Waals surface area (Å²) >= 11 is 0. The fraction of sp³-hybridized carbons (Fsp3) is 0.379. The van der Waals surface area contributed by atoms with Crippen LogP contribution in [-0.2, 0) is 14.3 Å². The van der Waals surface area contributed by atoms with Gasteiger partial charge in [0.1, 0.15) is 17.0 Å². The molecule has 1 N–H and O–H groups in total. The number of nitrogens with zero attached hydrogens (tertiary/aromatic N) is 5. The van der Waals surface area contributed by atoms with Crippen molar-refractivity contribution in [3.8, 4) is 22.5 Å². The van der Waals surface area contributed by atoms with E-state index in [-0.39, 0.29) is 18.2 Å². The van der Waals surface area contributed by atoms with E-state index < -0.39 is 0 Å². The van der Waals surface area contributed by atoms with Crippen molar-refractivity contribution < 1.29 is 14.3 Å². The fourth-order valence-electron chi connectivity index (χ4n) is 5.43. The molecular weight excluding hydrogens is 480 g/mol. The molecule has 9 nitrogen and oxygen atoms in total. The smallest absolute Gasteiger partial charge is 0.221 e. The molecule has 5 heterocycles. The maximum Gasteiger partial charge on any atom is 0.221 e. The first-order chi connectivity index (χ1) is 18.6. The number of hydrogen-bond acceptors (Lipinski definition) is 7. The van der Waals surface area contributed by atoms with Crippen molar-refractivity contribution in [2.24, 2.45) is 0 Å². The Morgan fingerprint density at radius 3 is 2.79 bits per heavy atom. The number of ether oxygens (including phenoxy) is 2. The van der Waals surface area contributed by atoms with Gasteiger partial charge in [-0.05, 0) is 56.0 Å². The van der Waals surface area contributed by atoms with Crippen LogP contribution in [0.3, 0.4) is 0 Å². The van der Waals surface area contributed by atoms with Gasteiger partial charge in [-0.1, -0.05) is 18.2 Å². The van der Waals surface area contributed by atoms with Crippen molar-refractivity contribution in [2.45, 2.75) is 45.4 Å². The molecule has 0 saturated carbocycles. The van der Waals surface area contributed by atoms with Gasteiger partial charge in [-0.2, -0.15) is 5.10 Å². The number of rotatable bonds is 5. The summed E-state index contributed by atoms with van der Waals surface area (Å²) in [6.45, 7) is 6.44. The highest BCUT2D eigenvalue weighted by Crippen LogP contribution is 2.39. The molecule has 196 valence electrons. The summed E-state index contributed by atoms with van der Waals surface area (Å²) in [5.41, 5.74) is 5.09. The molecule has 6 rings (SSSR count). The van der Waals surface area contributed by atoms with E-state index in [2.05, 4.69) is 28.3 Å². The number of hydrogen-bond donors (Lipinski definition) is 1. The van der Waals surface area contributed by atoms with Gasteiger partial charge in [0, 0.05) is 49.1 Å². The van der Waals surface area contributed by atoms with E-state index in [0.29, 0.717) is 13.2 Å². The summed E-state index contributed by atoms with van der Waals surface area (Å²) in [5, 5.41) is 8.58. The second-order valence-corrected chi connectivity index (χ2v) is 9.91. The minimum atomic E-state index is -0.117. The van der Waals surface area contributed by atoms with Crippen LogP contribution in [-0.4, -0.2) is 58.1 Å². The summed E-state index contributed by atoms with van der Waals surface area (Å²) in [4.78, 5) is 24.4. The molecule has 2 saturated heterocycles. The maximum absolute atomic E-state index is 12.0. The number of pyridine rings is 2. The molecule has 1 unspecified atom stereocenters. The molecule has 0 aliphatic carbocycles. The summed E-state index contributed by atoms with van der Waals surface area (Å²) in [5.74, 6) is 0.742. The third kappa shape index (κ3) is 4.63. The summed E-state index contributed by atoms with van der Waals surface area (Å²) < 4.78 is 13.7. The average molecular weight is 513 g/mol. The van der Waals surface area contributed by atoms with Gasteiger partial charge >= 0.3 is 0 Å². The Bertz CT molecular complexity index is 1460. The van der Waals surface area contributed by atoms with Crippen LogP contribution >= 0.6 is 0 Å². The number of fused-ring (bicyclic) bond motifs is 1. The first-order valence-corrected chi connectivity index (χ1v) is 13.3. The highest BCUT2D eigenvalue weighted by Gasteiger charge is 2.26. The largest absolute Gasteiger partial charge is 0.377 e. The number of carbonyl (C=O) groups is 1. The van der Waals surface area contributed by atoms with Crippen molar-refractivity contribution in [1.82, 2.24) is 19.7 Å². The Morgan fingerprint density at radius 2 is 1.97 bits per heavy atom. The minimum Gasteiger partial charge on any atom is -0.377 e. The van der Waals surface area contributed by atoms with Crippen molar-refractivity contribution >= 4 is 28.3 Å². The molecule has 4 aromatic rings. The van der Waals surface area contributed by atoms with Crippen LogP contribution in [0.1, 0.15) is 39.3 Å². The van der Waals surface area contributed by atoms with Crippen LogP contribution in [0.5, 0.6) is 0 Å². The lowest BCUT2D eigenvalue weighted by Gasteiger charge is -2.34. The zero-order valence-electron chi connectivity index (χ0n) is 21.8. The Balaban J connectivity index is 1.58. The molecule has 1 aromatic carbocycles. The number of anilines is 2. The molecule has 2 aliphatic rings. The summed E-state index contributed by atoms with van der Waals surface area (Å²) in [7, 11) is 0. The topological polar surface area (TPSA) is 94.4 Å². The summed E-state index contributed by atoms with van der Waals surface area (Å²) in [6.07, 6.45) is 6.59. The zero-order chi connectivity index (χ0) is 26.1. The van der Waals surface area contributed by atoms with E-state index in [1.807, 2.05) is 47.3 Å². The highest BCUT2D eigenvalue weighted by molar-refractivity contribution is 6.05. The van der Waals surface area contributed by atoms with E-state index in [1.165, 1.54) is 6.92 Å². The first kappa shape index (κ1) is 24.5. The number of morpholine rings is 1. The molecule has 2 fully saturated rings. The standard InChI is InChI=1S/C29H32N6O3/c1-19-18-37-16-14-34(19)26-17-23(21-7-3-4-8-24(21)32-20(2)36)22-10-12-30-29(28(22)33-26)25-11-13-31-35(25)27-9-5-6-15-38-27/h3-4,7-8,10-13,17,19,27H,5-6,9,14-16,18H2,1-2H3,(H,32,36)/t19-,27?/m1/s1. The zero-order valence-corrected chi connectivity index (χ0v) is 21.8. The van der Waals surface area contributed by atoms with Gasteiger partial charge in [-0.3, -0.25) is 9.78 Å². The van der Waals surface area contributed by atoms with E-state index in [1.54, 1.807) is 6.20 Å². The first-order valence-electron chi connectivity index (χ1n) is 13.3. The predicted octanol–water partition coefficient (Wildman–Crippen LogP) is 5.04. The quantitative estimate of drug-likeness (QED) is 0.400. The third-order valence-corrected chi connectivity index (χ3v) is 7.25. The van der Waals surface area contributed by atoms with Crippen LogP contribution in [0.4, 0.5) is 11.5 Å². The minimum absolute atomic E-state index is 0.114. The lowest BCUT2D eigenvalue weighted by Crippen LogP contribution is -2.44. The molecular formula is C29H32N6O3. The van der Waals surface area contributed by atoms with Crippen molar-refractivity contribution in [3.63, 3.8) is 0 Å². The van der Waals surface area contributed by atoms with Crippen LogP contribution in [0.25, 0.3) is 33.4 Å². The number of carbonyl (C=O) groups excluding carboxylic acids is 1. The average Bonchev–Trinajstić information content (AvgIpc) is 3.43. The fourth-order valence-corrected chi connectivity index (χ4v) is 5.43. The second kappa shape index (κ2) is 10.5. The van der Waals surface area contributed by atoms with Crippen molar-refractivity contribution in [1.29, 1.82) is 0 Å². The Kier molecular flexibility index (Phi) is 6.78. The van der Waals surface area contributed by atoms with Gasteiger partial charge in [0.05, 0.1) is 24.9 Å². The predicted molar refractivity (Wildman–Crippen MR) is 147 cm³/mol. The van der Waals surface area contributed by atoms with Gasteiger partial charge in [-0.15, -0.1) is 0 Å². The van der Waals surface area contributed by atoms with Gasteiger partial charge in [0.2, 0.25) is 5.91 Å². The molecule has 1 amide bonds. The van der Waals surface area contributed by atoms with Gasteiger partial charge in [0.15, 0.2) is 6.23 Å². The highest BCUT2D eigenvalue weighted by atomic mass is 16.5. The van der Waals surface area contributed by atoms with E-state index in [9.17, 15) is 4.79 Å². The number of benzene rings is 1. The lowest BCUT2D eigenvalue weighted by atomic mass is 9.98. The normalized spacial score (nSPS) is 20.0. The van der Waals surface area contributed by atoms with E-state index in [4.69, 9.17) is 19.4 Å². The van der Waals surface area contributed by atoms with Gasteiger partial charge in [0.25, 0.3) is 0 Å². The van der Waals surface area contributed by atoms with Crippen LogP contribution < -0.4 is 10.2 Å².